The van der Waals surface area contributed by atoms with Crippen LogP contribution < -0.4 is 15.4 Å². The van der Waals surface area contributed by atoms with Crippen molar-refractivity contribution >= 4 is 17.4 Å². The Morgan fingerprint density at radius 3 is 2.75 bits per heavy atom. The molecule has 2 aromatic rings. The fourth-order valence-corrected chi connectivity index (χ4v) is 7.67. The Morgan fingerprint density at radius 2 is 2.04 bits per heavy atom. The van der Waals surface area contributed by atoms with Crippen molar-refractivity contribution < 1.29 is 40.6 Å². The molecule has 4 atom stereocenters. The van der Waals surface area contributed by atoms with Crippen LogP contribution in [0.5, 0.6) is 6.01 Å². The fourth-order valence-electron chi connectivity index (χ4n) is 7.67. The second kappa shape index (κ2) is 12.7. The Hall–Kier alpha value is -4.10. The number of nitriles is 1. The first kappa shape index (κ1) is 33.8. The number of nitrogen functional groups attached to an aromatic ring is 1. The quantitative estimate of drug-likeness (QED) is 0.252. The lowest BCUT2D eigenvalue weighted by Gasteiger charge is -2.42. The van der Waals surface area contributed by atoms with Gasteiger partial charge < -0.3 is 25.0 Å². The standard InChI is InChI=1S/C32H35F6N7O3/c1-17-10-22(40)27(35)25(26(17)32(36,37)38)24-11-23-21(15-47-24)28(43-8-9-45(29(46)18(2)33)20(14-43)4-6-39)42-30(41-23)48-16-31-5-3-7-44(31)13-19(34)12-31/h10,19-20,24H,2-5,7-9,11-16,40H2,1H3. The van der Waals surface area contributed by atoms with Gasteiger partial charge in [0.1, 0.15) is 18.6 Å². The van der Waals surface area contributed by atoms with Gasteiger partial charge in [0.05, 0.1) is 53.7 Å². The van der Waals surface area contributed by atoms with Crippen LogP contribution in [-0.4, -0.2) is 82.8 Å². The number of halogens is 6. The SMILES string of the molecule is C=C(F)C(=O)N1CCN(c2nc(OCC34CCCN3CC(F)C4)nc3c2COC(c2c(F)c(N)cc(C)c2C(F)(F)F)C3)CC1CC#N. The second-order valence-electron chi connectivity index (χ2n) is 12.9. The summed E-state index contributed by atoms with van der Waals surface area (Å²) in [5, 5.41) is 9.46. The molecule has 16 heteroatoms. The van der Waals surface area contributed by atoms with E-state index in [0.717, 1.165) is 19.0 Å². The Labute approximate surface area is 273 Å². The topological polar surface area (TPSA) is 121 Å². The number of amides is 1. The molecule has 258 valence electrons. The summed E-state index contributed by atoms with van der Waals surface area (Å²) in [5.74, 6) is -3.04. The smallest absolute Gasteiger partial charge is 0.417 e. The first-order chi connectivity index (χ1) is 22.7. The van der Waals surface area contributed by atoms with Gasteiger partial charge in [0.15, 0.2) is 11.6 Å². The number of carbonyl (C=O) groups is 1. The molecule has 1 aromatic carbocycles. The summed E-state index contributed by atoms with van der Waals surface area (Å²) in [5.41, 5.74) is 3.26. The van der Waals surface area contributed by atoms with E-state index in [-0.39, 0.29) is 69.4 Å². The molecular weight excluding hydrogens is 644 g/mol. The molecule has 6 rings (SSSR count). The summed E-state index contributed by atoms with van der Waals surface area (Å²) in [4.78, 5) is 26.7. The third-order valence-corrected chi connectivity index (χ3v) is 9.82. The predicted molar refractivity (Wildman–Crippen MR) is 161 cm³/mol. The molecule has 5 heterocycles. The van der Waals surface area contributed by atoms with Crippen LogP contribution >= 0.6 is 0 Å². The van der Waals surface area contributed by atoms with Crippen molar-refractivity contribution in [2.24, 2.45) is 0 Å². The number of aromatic nitrogens is 2. The minimum absolute atomic E-state index is 0.0191. The van der Waals surface area contributed by atoms with E-state index in [9.17, 15) is 32.0 Å². The average molecular weight is 680 g/mol. The van der Waals surface area contributed by atoms with E-state index in [1.54, 1.807) is 4.90 Å². The molecule has 0 saturated carbocycles. The molecule has 3 saturated heterocycles. The minimum Gasteiger partial charge on any atom is -0.461 e. The van der Waals surface area contributed by atoms with Crippen LogP contribution in [0.15, 0.2) is 18.5 Å². The van der Waals surface area contributed by atoms with Crippen LogP contribution in [0.3, 0.4) is 0 Å². The van der Waals surface area contributed by atoms with E-state index in [0.29, 0.717) is 24.3 Å². The van der Waals surface area contributed by atoms with Gasteiger partial charge in [0.2, 0.25) is 0 Å². The molecule has 3 fully saturated rings. The average Bonchev–Trinajstić information content (AvgIpc) is 3.55. The van der Waals surface area contributed by atoms with Gasteiger partial charge in [0.25, 0.3) is 5.91 Å². The van der Waals surface area contributed by atoms with E-state index in [2.05, 4.69) is 16.5 Å². The van der Waals surface area contributed by atoms with Crippen molar-refractivity contribution in [1.29, 1.82) is 5.26 Å². The first-order valence-electron chi connectivity index (χ1n) is 15.7. The number of hydrogen-bond donors (Lipinski definition) is 1. The molecule has 0 radical (unpaired) electrons. The number of aryl methyl sites for hydroxylation is 1. The third kappa shape index (κ3) is 6.13. The zero-order chi connectivity index (χ0) is 34.5. The highest BCUT2D eigenvalue weighted by atomic mass is 19.4. The van der Waals surface area contributed by atoms with Crippen LogP contribution in [0.25, 0.3) is 0 Å². The summed E-state index contributed by atoms with van der Waals surface area (Å²) in [6.45, 7) is 5.29. The first-order valence-corrected chi connectivity index (χ1v) is 15.7. The van der Waals surface area contributed by atoms with E-state index in [1.807, 2.05) is 11.0 Å². The predicted octanol–water partition coefficient (Wildman–Crippen LogP) is 4.71. The molecule has 4 unspecified atom stereocenters. The molecule has 0 bridgehead atoms. The molecule has 10 nitrogen and oxygen atoms in total. The molecule has 1 amide bonds. The summed E-state index contributed by atoms with van der Waals surface area (Å²) in [7, 11) is 0. The van der Waals surface area contributed by atoms with Gasteiger partial charge in [-0.3, -0.25) is 9.69 Å². The van der Waals surface area contributed by atoms with Gasteiger partial charge >= 0.3 is 12.2 Å². The highest BCUT2D eigenvalue weighted by Crippen LogP contribution is 2.45. The lowest BCUT2D eigenvalue weighted by atomic mass is 9.91. The summed E-state index contributed by atoms with van der Waals surface area (Å²) >= 11 is 0. The molecule has 48 heavy (non-hydrogen) atoms. The number of nitrogens with zero attached hydrogens (tertiary/aromatic N) is 6. The van der Waals surface area contributed by atoms with E-state index in [1.165, 1.54) is 11.8 Å². The van der Waals surface area contributed by atoms with Crippen molar-refractivity contribution in [3.05, 3.63) is 52.2 Å². The van der Waals surface area contributed by atoms with E-state index in [4.69, 9.17) is 15.2 Å². The number of fused-ring (bicyclic) bond motifs is 2. The summed E-state index contributed by atoms with van der Waals surface area (Å²) in [6, 6.07) is 2.10. The molecule has 4 aliphatic rings. The van der Waals surface area contributed by atoms with Crippen molar-refractivity contribution in [3.8, 4) is 12.1 Å². The van der Waals surface area contributed by atoms with Crippen LogP contribution in [0.4, 0.5) is 37.8 Å². The van der Waals surface area contributed by atoms with Crippen LogP contribution in [-0.2, 0) is 28.7 Å². The molecular formula is C32H35F6N7O3. The van der Waals surface area contributed by atoms with E-state index >= 15 is 4.39 Å². The zero-order valence-electron chi connectivity index (χ0n) is 26.3. The molecule has 1 aromatic heterocycles. The number of piperazine rings is 1. The molecule has 2 N–H and O–H groups in total. The zero-order valence-corrected chi connectivity index (χ0v) is 26.3. The van der Waals surface area contributed by atoms with Gasteiger partial charge in [-0.2, -0.15) is 28.4 Å². The maximum atomic E-state index is 15.4. The van der Waals surface area contributed by atoms with Crippen molar-refractivity contribution in [1.82, 2.24) is 19.8 Å². The van der Waals surface area contributed by atoms with Crippen LogP contribution in [0.1, 0.15) is 59.7 Å². The van der Waals surface area contributed by atoms with Crippen molar-refractivity contribution in [2.45, 2.75) is 75.7 Å². The number of alkyl halides is 4. The third-order valence-electron chi connectivity index (χ3n) is 9.82. The number of rotatable bonds is 7. The fraction of sp³-hybridized carbons (Fsp3) is 0.562. The highest BCUT2D eigenvalue weighted by molar-refractivity contribution is 5.91. The number of hydrogen-bond acceptors (Lipinski definition) is 9. The molecule has 0 spiro atoms. The van der Waals surface area contributed by atoms with Crippen molar-refractivity contribution in [3.63, 3.8) is 0 Å². The van der Waals surface area contributed by atoms with E-state index < -0.39 is 64.4 Å². The number of carbonyl (C=O) groups excluding carboxylic acids is 1. The Morgan fingerprint density at radius 1 is 1.27 bits per heavy atom. The number of anilines is 2. The highest BCUT2D eigenvalue weighted by Gasteiger charge is 2.49. The van der Waals surface area contributed by atoms with Gasteiger partial charge in [-0.15, -0.1) is 0 Å². The minimum atomic E-state index is -4.90. The van der Waals surface area contributed by atoms with Crippen LogP contribution in [0, 0.1) is 24.1 Å². The maximum Gasteiger partial charge on any atom is 0.417 e. The van der Waals surface area contributed by atoms with Gasteiger partial charge in [-0.05, 0) is 37.9 Å². The number of nitrogens with two attached hydrogens (primary N) is 1. The Kier molecular flexibility index (Phi) is 8.97. The second-order valence-corrected chi connectivity index (χ2v) is 12.9. The monoisotopic (exact) mass is 679 g/mol. The van der Waals surface area contributed by atoms with Gasteiger partial charge in [-0.1, -0.05) is 6.58 Å². The van der Waals surface area contributed by atoms with Gasteiger partial charge in [0, 0.05) is 50.1 Å². The number of ether oxygens (including phenoxy) is 2. The lowest BCUT2D eigenvalue weighted by molar-refractivity contribution is -0.140. The van der Waals surface area contributed by atoms with Crippen molar-refractivity contribution in [2.75, 3.05) is 50.0 Å². The normalized spacial score (nSPS) is 25.8. The summed E-state index contributed by atoms with van der Waals surface area (Å²) in [6.07, 6.45) is -5.87. The molecule has 4 aliphatic heterocycles. The summed E-state index contributed by atoms with van der Waals surface area (Å²) < 4.78 is 98.4. The van der Waals surface area contributed by atoms with Crippen LogP contribution in [0.2, 0.25) is 0 Å². The number of benzene rings is 1. The Balaban J connectivity index is 1.38. The maximum absolute atomic E-state index is 15.4. The largest absolute Gasteiger partial charge is 0.461 e. The van der Waals surface area contributed by atoms with Gasteiger partial charge in [-0.25, -0.2) is 13.2 Å². The Bertz CT molecular complexity index is 1670. The lowest BCUT2D eigenvalue weighted by Crippen LogP contribution is -2.55. The molecule has 0 aliphatic carbocycles.